The summed E-state index contributed by atoms with van der Waals surface area (Å²) in [5.41, 5.74) is 5.85. The van der Waals surface area contributed by atoms with Crippen molar-refractivity contribution in [1.82, 2.24) is 9.97 Å². The quantitative estimate of drug-likeness (QED) is 0.700. The first kappa shape index (κ1) is 11.1. The summed E-state index contributed by atoms with van der Waals surface area (Å²) < 4.78 is 0. The van der Waals surface area contributed by atoms with Gasteiger partial charge in [0.15, 0.2) is 0 Å². The number of H-pyrrole nitrogens is 1. The van der Waals surface area contributed by atoms with Gasteiger partial charge in [0, 0.05) is 24.6 Å². The van der Waals surface area contributed by atoms with E-state index in [2.05, 4.69) is 15.3 Å². The van der Waals surface area contributed by atoms with Crippen molar-refractivity contribution in [2.75, 3.05) is 5.32 Å². The molecule has 2 rings (SSSR count). The van der Waals surface area contributed by atoms with Crippen LogP contribution in [0.5, 0.6) is 0 Å². The number of aromatic amines is 1. The lowest BCUT2D eigenvalue weighted by Crippen LogP contribution is -2.35. The molecule has 1 aliphatic rings. The lowest BCUT2D eigenvalue weighted by atomic mass is 10.2. The Kier molecular flexibility index (Phi) is 3.24. The van der Waals surface area contributed by atoms with Crippen LogP contribution in [0.2, 0.25) is 0 Å². The fraction of sp³-hybridized carbons (Fsp3) is 0.636. The standard InChI is InChI=1S/C11H18N4O/c1-2-9-14-10(6-11(16)15-9)13-8-5-3-4-7(8)12/h6-8H,2-5,12H2,1H3,(H2,13,14,15,16). The number of hydrogen-bond acceptors (Lipinski definition) is 4. The predicted octanol–water partition coefficient (Wildman–Crippen LogP) is 0.624. The Morgan fingerprint density at radius 1 is 1.62 bits per heavy atom. The van der Waals surface area contributed by atoms with Gasteiger partial charge in [-0.05, 0) is 19.3 Å². The first-order valence-corrected chi connectivity index (χ1v) is 5.81. The molecule has 0 aromatic carbocycles. The molecule has 0 amide bonds. The zero-order valence-corrected chi connectivity index (χ0v) is 9.49. The molecule has 5 heteroatoms. The molecule has 0 bridgehead atoms. The van der Waals surface area contributed by atoms with Crippen molar-refractivity contribution >= 4 is 5.82 Å². The SMILES string of the molecule is CCc1nc(NC2CCCC2N)cc(=O)[nH]1. The van der Waals surface area contributed by atoms with Crippen LogP contribution in [0.1, 0.15) is 32.0 Å². The minimum atomic E-state index is -0.110. The van der Waals surface area contributed by atoms with Crippen LogP contribution >= 0.6 is 0 Å². The zero-order chi connectivity index (χ0) is 11.5. The Labute approximate surface area is 94.5 Å². The van der Waals surface area contributed by atoms with Gasteiger partial charge in [-0.25, -0.2) is 4.98 Å². The molecule has 0 aliphatic heterocycles. The second-order valence-electron chi connectivity index (χ2n) is 4.28. The third kappa shape index (κ3) is 2.41. The summed E-state index contributed by atoms with van der Waals surface area (Å²) in [5, 5.41) is 3.25. The topological polar surface area (TPSA) is 83.8 Å². The van der Waals surface area contributed by atoms with E-state index in [1.807, 2.05) is 6.92 Å². The number of nitrogens with zero attached hydrogens (tertiary/aromatic N) is 1. The van der Waals surface area contributed by atoms with E-state index in [4.69, 9.17) is 5.73 Å². The lowest BCUT2D eigenvalue weighted by molar-refractivity contribution is 0.634. The van der Waals surface area contributed by atoms with Gasteiger partial charge in [0.25, 0.3) is 5.56 Å². The van der Waals surface area contributed by atoms with Crippen molar-refractivity contribution in [3.05, 3.63) is 22.2 Å². The van der Waals surface area contributed by atoms with Gasteiger partial charge in [0.05, 0.1) is 0 Å². The largest absolute Gasteiger partial charge is 0.366 e. The maximum Gasteiger partial charge on any atom is 0.252 e. The molecule has 1 aromatic heterocycles. The van der Waals surface area contributed by atoms with Gasteiger partial charge in [-0.15, -0.1) is 0 Å². The highest BCUT2D eigenvalue weighted by atomic mass is 16.1. The van der Waals surface area contributed by atoms with Gasteiger partial charge in [-0.1, -0.05) is 6.92 Å². The Hall–Kier alpha value is -1.36. The molecule has 4 N–H and O–H groups in total. The summed E-state index contributed by atoms with van der Waals surface area (Å²) in [4.78, 5) is 18.4. The maximum absolute atomic E-state index is 11.4. The van der Waals surface area contributed by atoms with Crippen molar-refractivity contribution in [3.63, 3.8) is 0 Å². The second-order valence-corrected chi connectivity index (χ2v) is 4.28. The Balaban J connectivity index is 2.14. The van der Waals surface area contributed by atoms with Crippen LogP contribution in [-0.2, 0) is 6.42 Å². The number of nitrogens with one attached hydrogen (secondary N) is 2. The predicted molar refractivity (Wildman–Crippen MR) is 63.5 cm³/mol. The van der Waals surface area contributed by atoms with Gasteiger partial charge < -0.3 is 16.0 Å². The van der Waals surface area contributed by atoms with Crippen molar-refractivity contribution in [1.29, 1.82) is 0 Å². The molecule has 5 nitrogen and oxygen atoms in total. The Morgan fingerprint density at radius 3 is 3.06 bits per heavy atom. The molecule has 1 heterocycles. The highest BCUT2D eigenvalue weighted by Gasteiger charge is 2.23. The van der Waals surface area contributed by atoms with Crippen LogP contribution in [0.3, 0.4) is 0 Å². The highest BCUT2D eigenvalue weighted by molar-refractivity contribution is 5.35. The number of rotatable bonds is 3. The van der Waals surface area contributed by atoms with E-state index < -0.39 is 0 Å². The number of nitrogens with two attached hydrogens (primary N) is 1. The van der Waals surface area contributed by atoms with Gasteiger partial charge in [-0.2, -0.15) is 0 Å². The lowest BCUT2D eigenvalue weighted by Gasteiger charge is -2.17. The van der Waals surface area contributed by atoms with E-state index in [1.165, 1.54) is 6.07 Å². The first-order chi connectivity index (χ1) is 7.69. The minimum absolute atomic E-state index is 0.110. The second kappa shape index (κ2) is 4.65. The average molecular weight is 222 g/mol. The fourth-order valence-electron chi connectivity index (χ4n) is 2.11. The van der Waals surface area contributed by atoms with E-state index in [0.29, 0.717) is 11.6 Å². The monoisotopic (exact) mass is 222 g/mol. The molecule has 88 valence electrons. The molecule has 2 unspecified atom stereocenters. The molecular formula is C11H18N4O. The van der Waals surface area contributed by atoms with Crippen molar-refractivity contribution in [2.45, 2.75) is 44.7 Å². The summed E-state index contributed by atoms with van der Waals surface area (Å²) in [6, 6.07) is 1.91. The summed E-state index contributed by atoms with van der Waals surface area (Å²) in [7, 11) is 0. The van der Waals surface area contributed by atoms with Crippen molar-refractivity contribution in [2.24, 2.45) is 5.73 Å². The number of anilines is 1. The van der Waals surface area contributed by atoms with Crippen LogP contribution in [0.15, 0.2) is 10.9 Å². The van der Waals surface area contributed by atoms with Crippen molar-refractivity contribution < 1.29 is 0 Å². The number of aryl methyl sites for hydroxylation is 1. The molecule has 16 heavy (non-hydrogen) atoms. The van der Waals surface area contributed by atoms with E-state index in [-0.39, 0.29) is 17.6 Å². The molecular weight excluding hydrogens is 204 g/mol. The van der Waals surface area contributed by atoms with Gasteiger partial charge in [-0.3, -0.25) is 4.79 Å². The van der Waals surface area contributed by atoms with E-state index in [0.717, 1.165) is 25.7 Å². The molecule has 2 atom stereocenters. The molecule has 0 radical (unpaired) electrons. The summed E-state index contributed by atoms with van der Waals surface area (Å²) >= 11 is 0. The zero-order valence-electron chi connectivity index (χ0n) is 9.49. The molecule has 1 fully saturated rings. The normalized spacial score (nSPS) is 24.6. The summed E-state index contributed by atoms with van der Waals surface area (Å²) in [5.74, 6) is 1.35. The van der Waals surface area contributed by atoms with Crippen LogP contribution in [0, 0.1) is 0 Å². The summed E-state index contributed by atoms with van der Waals surface area (Å²) in [6.45, 7) is 1.96. The van der Waals surface area contributed by atoms with E-state index in [1.54, 1.807) is 0 Å². The minimum Gasteiger partial charge on any atom is -0.366 e. The molecule has 1 aromatic rings. The summed E-state index contributed by atoms with van der Waals surface area (Å²) in [6.07, 6.45) is 3.96. The van der Waals surface area contributed by atoms with Crippen LogP contribution in [0.25, 0.3) is 0 Å². The Morgan fingerprint density at radius 2 is 2.44 bits per heavy atom. The smallest absolute Gasteiger partial charge is 0.252 e. The molecule has 1 aliphatic carbocycles. The maximum atomic E-state index is 11.4. The van der Waals surface area contributed by atoms with Crippen molar-refractivity contribution in [3.8, 4) is 0 Å². The van der Waals surface area contributed by atoms with Gasteiger partial charge in [0.2, 0.25) is 0 Å². The Bertz CT molecular complexity index is 415. The molecule has 0 saturated heterocycles. The van der Waals surface area contributed by atoms with E-state index >= 15 is 0 Å². The molecule has 0 spiro atoms. The number of aromatic nitrogens is 2. The molecule has 1 saturated carbocycles. The number of hydrogen-bond donors (Lipinski definition) is 3. The van der Waals surface area contributed by atoms with Crippen LogP contribution in [0.4, 0.5) is 5.82 Å². The highest BCUT2D eigenvalue weighted by Crippen LogP contribution is 2.20. The fourth-order valence-corrected chi connectivity index (χ4v) is 2.11. The van der Waals surface area contributed by atoms with Crippen LogP contribution in [-0.4, -0.2) is 22.1 Å². The first-order valence-electron chi connectivity index (χ1n) is 5.81. The van der Waals surface area contributed by atoms with Gasteiger partial charge >= 0.3 is 0 Å². The van der Waals surface area contributed by atoms with Crippen LogP contribution < -0.4 is 16.6 Å². The van der Waals surface area contributed by atoms with Gasteiger partial charge in [0.1, 0.15) is 11.6 Å². The third-order valence-corrected chi connectivity index (χ3v) is 3.03. The van der Waals surface area contributed by atoms with E-state index in [9.17, 15) is 4.79 Å². The average Bonchev–Trinajstić information content (AvgIpc) is 2.63. The third-order valence-electron chi connectivity index (χ3n) is 3.03.